The van der Waals surface area contributed by atoms with Gasteiger partial charge in [0.1, 0.15) is 6.04 Å². The van der Waals surface area contributed by atoms with Gasteiger partial charge in [-0.15, -0.1) is 0 Å². The molecule has 0 spiro atoms. The fourth-order valence-corrected chi connectivity index (χ4v) is 5.02. The summed E-state index contributed by atoms with van der Waals surface area (Å²) in [5, 5.41) is 8.58. The second-order valence-electron chi connectivity index (χ2n) is 12.3. The van der Waals surface area contributed by atoms with Crippen molar-refractivity contribution in [3.8, 4) is 0 Å². The number of aromatic amines is 1. The van der Waals surface area contributed by atoms with E-state index in [1.54, 1.807) is 31.2 Å². The lowest BCUT2D eigenvalue weighted by Gasteiger charge is -2.23. The van der Waals surface area contributed by atoms with Gasteiger partial charge in [-0.25, -0.2) is 4.79 Å². The minimum absolute atomic E-state index is 0.208. The molecule has 4 N–H and O–H groups in total. The van der Waals surface area contributed by atoms with Crippen molar-refractivity contribution >= 4 is 47.5 Å². The molecular weight excluding hydrogens is 616 g/mol. The van der Waals surface area contributed by atoms with Crippen molar-refractivity contribution in [1.82, 2.24) is 15.6 Å². The number of H-pyrrole nitrogens is 1. The largest absolute Gasteiger partial charge is 0.471 e. The van der Waals surface area contributed by atoms with Crippen molar-refractivity contribution in [2.45, 2.75) is 65.6 Å². The van der Waals surface area contributed by atoms with E-state index in [1.165, 1.54) is 14.2 Å². The topological polar surface area (TPSA) is 165 Å². The first-order chi connectivity index (χ1) is 22.7. The summed E-state index contributed by atoms with van der Waals surface area (Å²) in [6, 6.07) is 13.1. The smallest absolute Gasteiger partial charge is 0.328 e. The fraction of sp³-hybridized carbons (Fsp3) is 0.361. The summed E-state index contributed by atoms with van der Waals surface area (Å²) in [6.07, 6.45) is 1.94. The number of nitrogens with one attached hydrogen (secondary N) is 4. The van der Waals surface area contributed by atoms with Crippen LogP contribution in [0, 0.1) is 13.8 Å². The minimum Gasteiger partial charge on any atom is -0.471 e. The quantitative estimate of drug-likeness (QED) is 0.134. The predicted octanol–water partition coefficient (Wildman–Crippen LogP) is 4.36. The third-order valence-corrected chi connectivity index (χ3v) is 7.37. The van der Waals surface area contributed by atoms with Crippen LogP contribution >= 0.6 is 0 Å². The van der Waals surface area contributed by atoms with E-state index in [1.807, 2.05) is 65.0 Å². The van der Waals surface area contributed by atoms with Crippen LogP contribution in [-0.2, 0) is 35.0 Å². The third-order valence-electron chi connectivity index (χ3n) is 7.37. The van der Waals surface area contributed by atoms with Gasteiger partial charge < -0.3 is 35.1 Å². The monoisotopic (exact) mass is 660 g/mol. The van der Waals surface area contributed by atoms with E-state index in [0.717, 1.165) is 5.56 Å². The van der Waals surface area contributed by atoms with Crippen LogP contribution in [0.4, 0.5) is 5.69 Å². The molecule has 4 rings (SSSR count). The van der Waals surface area contributed by atoms with Gasteiger partial charge in [0.15, 0.2) is 0 Å². The molecule has 48 heavy (non-hydrogen) atoms. The van der Waals surface area contributed by atoms with E-state index in [2.05, 4.69) is 25.7 Å². The van der Waals surface area contributed by atoms with Gasteiger partial charge in [0, 0.05) is 40.7 Å². The molecule has 0 aliphatic carbocycles. The van der Waals surface area contributed by atoms with Crippen molar-refractivity contribution in [2.24, 2.45) is 0 Å². The Bertz CT molecular complexity index is 1670. The number of ether oxygens (including phenoxy) is 3. The zero-order chi connectivity index (χ0) is 35.6. The molecule has 0 fully saturated rings. The van der Waals surface area contributed by atoms with Crippen molar-refractivity contribution in [3.63, 3.8) is 0 Å². The van der Waals surface area contributed by atoms with E-state index in [-0.39, 0.29) is 35.4 Å². The zero-order valence-electron chi connectivity index (χ0n) is 28.6. The van der Waals surface area contributed by atoms with E-state index >= 15 is 0 Å². The molecule has 1 aliphatic rings. The molecule has 12 heteroatoms. The molecule has 2 aromatic carbocycles. The molecule has 0 saturated carbocycles. The Morgan fingerprint density at radius 2 is 1.65 bits per heavy atom. The Kier molecular flexibility index (Phi) is 12.8. The fourth-order valence-electron chi connectivity index (χ4n) is 5.02. The molecular formula is C36H44N4O8. The summed E-state index contributed by atoms with van der Waals surface area (Å²) in [6.45, 7) is 12.1. The number of hydrogen-bond acceptors (Lipinski definition) is 8. The van der Waals surface area contributed by atoms with Crippen molar-refractivity contribution in [1.29, 1.82) is 0 Å². The number of carbonyl (C=O) groups is 5. The highest BCUT2D eigenvalue weighted by Gasteiger charge is 2.28. The second kappa shape index (κ2) is 16.6. The number of anilines is 1. The van der Waals surface area contributed by atoms with E-state index < -0.39 is 17.9 Å². The molecule has 0 saturated heterocycles. The van der Waals surface area contributed by atoms with Gasteiger partial charge >= 0.3 is 5.97 Å². The van der Waals surface area contributed by atoms with Gasteiger partial charge in [0.25, 0.3) is 24.2 Å². The number of benzene rings is 2. The van der Waals surface area contributed by atoms with E-state index in [0.29, 0.717) is 52.4 Å². The summed E-state index contributed by atoms with van der Waals surface area (Å²) >= 11 is 0. The number of esters is 1. The molecule has 1 aliphatic heterocycles. The Balaban J connectivity index is 0.00000148. The number of carbonyl (C=O) groups excluding carboxylic acids is 5. The van der Waals surface area contributed by atoms with Gasteiger partial charge in [-0.3, -0.25) is 19.2 Å². The molecule has 12 nitrogen and oxygen atoms in total. The summed E-state index contributed by atoms with van der Waals surface area (Å²) in [7, 11) is 2.59. The lowest BCUT2D eigenvalue weighted by molar-refractivity contribution is -0.142. The van der Waals surface area contributed by atoms with Gasteiger partial charge in [0.05, 0.1) is 37.6 Å². The van der Waals surface area contributed by atoms with Crippen LogP contribution in [-0.4, -0.2) is 73.7 Å². The first-order valence-electron chi connectivity index (χ1n) is 15.4. The molecule has 3 aromatic rings. The Labute approximate surface area is 280 Å². The van der Waals surface area contributed by atoms with Gasteiger partial charge in [0.2, 0.25) is 0 Å². The summed E-state index contributed by atoms with van der Waals surface area (Å²) in [4.78, 5) is 64.1. The second-order valence-corrected chi connectivity index (χ2v) is 12.3. The Morgan fingerprint density at radius 3 is 2.25 bits per heavy atom. The predicted molar refractivity (Wildman–Crippen MR) is 182 cm³/mol. The van der Waals surface area contributed by atoms with Crippen LogP contribution in [0.3, 0.4) is 0 Å². The lowest BCUT2D eigenvalue weighted by atomic mass is 10.0. The standard InChI is InChI=1S/C34H40N4O6.C2H4O2/c1-19(18-44-34(4,5)6)35-32(41)29-20(2)27(36-21(29)3)17-25-24-16-23(13-14-26(24)37-31(25)40)30(39)38-28(33(42)43-7)15-22-11-9-8-10-12-22;1-4-2-3/h8-14,16-17,19,28,36H,15,18H2,1-7H3,(H,35,41)(H,37,40)(H,38,39);2H,1H3/b25-17-;/t19?,28-;/m0./s1. The van der Waals surface area contributed by atoms with Gasteiger partial charge in [-0.2, -0.15) is 0 Å². The number of aryl methyl sites for hydroxylation is 1. The third kappa shape index (κ3) is 9.88. The molecule has 3 amide bonds. The highest BCUT2D eigenvalue weighted by Crippen LogP contribution is 2.35. The normalized spacial score (nSPS) is 14.1. The Morgan fingerprint density at radius 1 is 0.979 bits per heavy atom. The number of fused-ring (bicyclic) bond motifs is 1. The van der Waals surface area contributed by atoms with Crippen LogP contribution < -0.4 is 16.0 Å². The first-order valence-corrected chi connectivity index (χ1v) is 15.4. The molecule has 2 atom stereocenters. The Hall–Kier alpha value is -5.23. The highest BCUT2D eigenvalue weighted by atomic mass is 16.5. The summed E-state index contributed by atoms with van der Waals surface area (Å²) in [5.74, 6) is -1.61. The highest BCUT2D eigenvalue weighted by molar-refractivity contribution is 6.35. The molecule has 0 bridgehead atoms. The molecule has 256 valence electrons. The summed E-state index contributed by atoms with van der Waals surface area (Å²) in [5.41, 5.74) is 4.71. The number of rotatable bonds is 11. The molecule has 2 heterocycles. The molecule has 1 aromatic heterocycles. The van der Waals surface area contributed by atoms with Crippen molar-refractivity contribution in [2.75, 3.05) is 26.1 Å². The number of methoxy groups -OCH3 is 2. The van der Waals surface area contributed by atoms with Gasteiger partial charge in [-0.1, -0.05) is 30.3 Å². The number of aromatic nitrogens is 1. The average molecular weight is 661 g/mol. The van der Waals surface area contributed by atoms with Crippen LogP contribution in [0.5, 0.6) is 0 Å². The SMILES string of the molecule is COC(=O)[C@H](Cc1ccccc1)NC(=O)c1ccc2c(c1)/C(=C/c1[nH]c(C)c(C(=O)NC(C)COC(C)(C)C)c1C)C(=O)N2.COC=O. The maximum atomic E-state index is 13.3. The van der Waals surface area contributed by atoms with E-state index in [9.17, 15) is 19.2 Å². The van der Waals surface area contributed by atoms with Crippen molar-refractivity contribution in [3.05, 3.63) is 87.7 Å². The van der Waals surface area contributed by atoms with Crippen molar-refractivity contribution < 1.29 is 38.2 Å². The van der Waals surface area contributed by atoms with Crippen LogP contribution in [0.2, 0.25) is 0 Å². The zero-order valence-corrected chi connectivity index (χ0v) is 28.6. The maximum Gasteiger partial charge on any atom is 0.328 e. The van der Waals surface area contributed by atoms with Crippen LogP contribution in [0.15, 0.2) is 48.5 Å². The van der Waals surface area contributed by atoms with Crippen LogP contribution in [0.1, 0.15) is 76.5 Å². The lowest BCUT2D eigenvalue weighted by Crippen LogP contribution is -2.43. The molecule has 1 unspecified atom stereocenters. The minimum atomic E-state index is -0.894. The first kappa shape index (κ1) is 37.2. The number of hydrogen-bond donors (Lipinski definition) is 4. The summed E-state index contributed by atoms with van der Waals surface area (Å²) < 4.78 is 14.6. The van der Waals surface area contributed by atoms with Crippen LogP contribution in [0.25, 0.3) is 11.6 Å². The average Bonchev–Trinajstić information content (AvgIpc) is 3.52. The number of amides is 3. The van der Waals surface area contributed by atoms with E-state index in [4.69, 9.17) is 14.3 Å². The maximum absolute atomic E-state index is 13.3. The molecule has 0 radical (unpaired) electrons. The van der Waals surface area contributed by atoms with Gasteiger partial charge in [-0.05, 0) is 76.9 Å².